The first-order valence-corrected chi connectivity index (χ1v) is 5.48. The average Bonchev–Trinajstić information content (AvgIpc) is 2.79. The molecular formula is C12H13F2N3. The van der Waals surface area contributed by atoms with Gasteiger partial charge in [-0.25, -0.2) is 13.8 Å². The molecule has 0 spiro atoms. The predicted octanol–water partition coefficient (Wildman–Crippen LogP) is 2.75. The second kappa shape index (κ2) is 5.03. The Morgan fingerprint density at radius 1 is 1.35 bits per heavy atom. The van der Waals surface area contributed by atoms with E-state index in [0.29, 0.717) is 12.1 Å². The summed E-state index contributed by atoms with van der Waals surface area (Å²) in [6.07, 6.45) is 3.78. The molecule has 3 nitrogen and oxygen atoms in total. The van der Waals surface area contributed by atoms with Crippen LogP contribution in [0.5, 0.6) is 0 Å². The van der Waals surface area contributed by atoms with Gasteiger partial charge < -0.3 is 0 Å². The van der Waals surface area contributed by atoms with Crippen molar-refractivity contribution < 1.29 is 8.78 Å². The van der Waals surface area contributed by atoms with Crippen molar-refractivity contribution in [2.45, 2.75) is 25.8 Å². The summed E-state index contributed by atoms with van der Waals surface area (Å²) in [6, 6.07) is 3.69. The Hall–Kier alpha value is -1.78. The summed E-state index contributed by atoms with van der Waals surface area (Å²) in [5, 5.41) is 3.99. The lowest BCUT2D eigenvalue weighted by Crippen LogP contribution is -2.10. The van der Waals surface area contributed by atoms with Gasteiger partial charge >= 0.3 is 0 Å². The van der Waals surface area contributed by atoms with Gasteiger partial charge in [-0.15, -0.1) is 0 Å². The summed E-state index contributed by atoms with van der Waals surface area (Å²) in [5.74, 6) is -1.09. The van der Waals surface area contributed by atoms with Crippen molar-refractivity contribution in [3.05, 3.63) is 48.1 Å². The molecule has 0 N–H and O–H groups in total. The molecule has 1 aromatic carbocycles. The molecule has 5 heteroatoms. The van der Waals surface area contributed by atoms with Crippen LogP contribution in [0, 0.1) is 11.6 Å². The van der Waals surface area contributed by atoms with Crippen molar-refractivity contribution in [3.63, 3.8) is 0 Å². The largest absolute Gasteiger partial charge is 0.252 e. The zero-order valence-electron chi connectivity index (χ0n) is 9.48. The van der Waals surface area contributed by atoms with Crippen LogP contribution in [0.2, 0.25) is 0 Å². The second-order valence-electron chi connectivity index (χ2n) is 3.89. The number of hydrogen-bond acceptors (Lipinski definition) is 2. The second-order valence-corrected chi connectivity index (χ2v) is 3.89. The van der Waals surface area contributed by atoms with Gasteiger partial charge in [-0.3, -0.25) is 4.68 Å². The van der Waals surface area contributed by atoms with Crippen molar-refractivity contribution in [2.24, 2.45) is 0 Å². The van der Waals surface area contributed by atoms with Crippen LogP contribution in [-0.2, 0) is 6.54 Å². The van der Waals surface area contributed by atoms with Gasteiger partial charge in [0.05, 0.1) is 0 Å². The average molecular weight is 237 g/mol. The van der Waals surface area contributed by atoms with Crippen LogP contribution in [-0.4, -0.2) is 14.8 Å². The third-order valence-corrected chi connectivity index (χ3v) is 2.77. The molecule has 0 saturated heterocycles. The molecule has 0 fully saturated rings. The topological polar surface area (TPSA) is 30.7 Å². The lowest BCUT2D eigenvalue weighted by atomic mass is 9.96. The molecule has 1 unspecified atom stereocenters. The van der Waals surface area contributed by atoms with E-state index in [4.69, 9.17) is 0 Å². The van der Waals surface area contributed by atoms with Crippen molar-refractivity contribution in [1.82, 2.24) is 14.8 Å². The molecule has 0 amide bonds. The highest BCUT2D eigenvalue weighted by Gasteiger charge is 2.15. The van der Waals surface area contributed by atoms with E-state index < -0.39 is 11.6 Å². The fourth-order valence-corrected chi connectivity index (χ4v) is 1.83. The minimum Gasteiger partial charge on any atom is -0.252 e. The predicted molar refractivity (Wildman–Crippen MR) is 59.4 cm³/mol. The molecule has 0 aliphatic rings. The third kappa shape index (κ3) is 2.67. The summed E-state index contributed by atoms with van der Waals surface area (Å²) in [7, 11) is 0. The standard InChI is InChI=1S/C12H13F2N3/c1-2-9(6-17-8-15-7-16-17)11-4-3-10(13)5-12(11)14/h3-5,7-9H,2,6H2,1H3. The fraction of sp³-hybridized carbons (Fsp3) is 0.333. The Kier molecular flexibility index (Phi) is 3.46. The van der Waals surface area contributed by atoms with E-state index in [1.54, 1.807) is 11.0 Å². The summed E-state index contributed by atoms with van der Waals surface area (Å²) >= 11 is 0. The first-order valence-electron chi connectivity index (χ1n) is 5.48. The molecule has 1 aromatic heterocycles. The van der Waals surface area contributed by atoms with Crippen molar-refractivity contribution in [3.8, 4) is 0 Å². The van der Waals surface area contributed by atoms with E-state index >= 15 is 0 Å². The third-order valence-electron chi connectivity index (χ3n) is 2.77. The number of hydrogen-bond donors (Lipinski definition) is 0. The van der Waals surface area contributed by atoms with Crippen LogP contribution in [0.3, 0.4) is 0 Å². The molecule has 0 saturated carbocycles. The van der Waals surface area contributed by atoms with Crippen LogP contribution in [0.15, 0.2) is 30.9 Å². The number of halogens is 2. The summed E-state index contributed by atoms with van der Waals surface area (Å²) in [5.41, 5.74) is 0.518. The quantitative estimate of drug-likeness (QED) is 0.818. The van der Waals surface area contributed by atoms with E-state index in [9.17, 15) is 8.78 Å². The summed E-state index contributed by atoms with van der Waals surface area (Å²) in [6.45, 7) is 2.50. The first kappa shape index (κ1) is 11.7. The molecule has 0 aliphatic heterocycles. The summed E-state index contributed by atoms with van der Waals surface area (Å²) in [4.78, 5) is 3.84. The zero-order chi connectivity index (χ0) is 12.3. The number of benzene rings is 1. The Morgan fingerprint density at radius 2 is 2.18 bits per heavy atom. The lowest BCUT2D eigenvalue weighted by molar-refractivity contribution is 0.476. The van der Waals surface area contributed by atoms with E-state index in [1.165, 1.54) is 18.5 Å². The highest BCUT2D eigenvalue weighted by atomic mass is 19.1. The smallest absolute Gasteiger partial charge is 0.137 e. The van der Waals surface area contributed by atoms with Crippen molar-refractivity contribution in [1.29, 1.82) is 0 Å². The van der Waals surface area contributed by atoms with Gasteiger partial charge in [0.1, 0.15) is 24.3 Å². The molecule has 0 radical (unpaired) electrons. The highest BCUT2D eigenvalue weighted by Crippen LogP contribution is 2.24. The number of aromatic nitrogens is 3. The highest BCUT2D eigenvalue weighted by molar-refractivity contribution is 5.22. The normalized spacial score (nSPS) is 12.6. The number of rotatable bonds is 4. The zero-order valence-corrected chi connectivity index (χ0v) is 9.48. The van der Waals surface area contributed by atoms with E-state index in [1.807, 2.05) is 6.92 Å². The molecule has 1 heterocycles. The maximum absolute atomic E-state index is 13.6. The van der Waals surface area contributed by atoms with Gasteiger partial charge in [0.15, 0.2) is 0 Å². The van der Waals surface area contributed by atoms with E-state index in [-0.39, 0.29) is 5.92 Å². The van der Waals surface area contributed by atoms with E-state index in [2.05, 4.69) is 10.1 Å². The Balaban J connectivity index is 2.23. The van der Waals surface area contributed by atoms with Crippen LogP contribution >= 0.6 is 0 Å². The first-order chi connectivity index (χ1) is 8.20. The van der Waals surface area contributed by atoms with Gasteiger partial charge in [0, 0.05) is 18.5 Å². The SMILES string of the molecule is CCC(Cn1cncn1)c1ccc(F)cc1F. The van der Waals surface area contributed by atoms with Crippen LogP contribution < -0.4 is 0 Å². The molecule has 17 heavy (non-hydrogen) atoms. The van der Waals surface area contributed by atoms with Crippen LogP contribution in [0.1, 0.15) is 24.8 Å². The Labute approximate surface area is 98.1 Å². The molecule has 0 bridgehead atoms. The molecular weight excluding hydrogens is 224 g/mol. The van der Waals surface area contributed by atoms with Crippen LogP contribution in [0.4, 0.5) is 8.78 Å². The lowest BCUT2D eigenvalue weighted by Gasteiger charge is -2.15. The molecule has 90 valence electrons. The maximum Gasteiger partial charge on any atom is 0.137 e. The maximum atomic E-state index is 13.6. The minimum absolute atomic E-state index is 0.0303. The minimum atomic E-state index is -0.554. The molecule has 2 rings (SSSR count). The Bertz CT molecular complexity index is 483. The van der Waals surface area contributed by atoms with Crippen molar-refractivity contribution in [2.75, 3.05) is 0 Å². The van der Waals surface area contributed by atoms with Gasteiger partial charge in [-0.05, 0) is 18.1 Å². The van der Waals surface area contributed by atoms with Crippen LogP contribution in [0.25, 0.3) is 0 Å². The fourth-order valence-electron chi connectivity index (χ4n) is 1.83. The molecule has 0 aliphatic carbocycles. The van der Waals surface area contributed by atoms with E-state index in [0.717, 1.165) is 12.5 Å². The number of nitrogens with zero attached hydrogens (tertiary/aromatic N) is 3. The van der Waals surface area contributed by atoms with Gasteiger partial charge in [0.2, 0.25) is 0 Å². The Morgan fingerprint density at radius 3 is 2.76 bits per heavy atom. The monoisotopic (exact) mass is 237 g/mol. The van der Waals surface area contributed by atoms with Gasteiger partial charge in [-0.2, -0.15) is 5.10 Å². The van der Waals surface area contributed by atoms with Gasteiger partial charge in [-0.1, -0.05) is 13.0 Å². The summed E-state index contributed by atoms with van der Waals surface area (Å²) < 4.78 is 28.1. The van der Waals surface area contributed by atoms with Crippen molar-refractivity contribution >= 4 is 0 Å². The van der Waals surface area contributed by atoms with Gasteiger partial charge in [0.25, 0.3) is 0 Å². The molecule has 1 atom stereocenters. The molecule has 2 aromatic rings.